The molecule has 6 aromatic carbocycles. The van der Waals surface area contributed by atoms with E-state index >= 15 is 0 Å². The summed E-state index contributed by atoms with van der Waals surface area (Å²) in [6.45, 7) is 6.25. The van der Waals surface area contributed by atoms with Crippen LogP contribution in [0.5, 0.6) is 0 Å². The van der Waals surface area contributed by atoms with Crippen molar-refractivity contribution in [2.24, 2.45) is 0 Å². The Bertz CT molecular complexity index is 1860. The summed E-state index contributed by atoms with van der Waals surface area (Å²) in [4.78, 5) is 2.42. The third-order valence-electron chi connectivity index (χ3n) is 7.38. The molecule has 0 saturated heterocycles. The Morgan fingerprint density at radius 2 is 1.23 bits per heavy atom. The first kappa shape index (κ1) is 25.2. The first-order valence-electron chi connectivity index (χ1n) is 13.7. The molecule has 0 aliphatic carbocycles. The van der Waals surface area contributed by atoms with Gasteiger partial charge in [0.05, 0.1) is 17.1 Å². The van der Waals surface area contributed by atoms with E-state index in [9.17, 15) is 0 Å². The third kappa shape index (κ3) is 4.63. The van der Waals surface area contributed by atoms with Crippen LogP contribution in [0, 0.1) is 0 Å². The molecule has 0 spiro atoms. The van der Waals surface area contributed by atoms with Crippen LogP contribution in [-0.2, 0) is 0 Å². The van der Waals surface area contributed by atoms with E-state index in [0.717, 1.165) is 28.2 Å². The first-order valence-corrected chi connectivity index (χ1v) is 13.7. The molecule has 40 heavy (non-hydrogen) atoms. The second-order valence-electron chi connectivity index (χ2n) is 9.74. The normalized spacial score (nSPS) is 12.0. The summed E-state index contributed by atoms with van der Waals surface area (Å²) in [5.41, 5.74) is 7.93. The Kier molecular flexibility index (Phi) is 7.11. The van der Waals surface area contributed by atoms with Gasteiger partial charge >= 0.3 is 0 Å². The first-order chi connectivity index (χ1) is 19.8. The van der Waals surface area contributed by atoms with Gasteiger partial charge < -0.3 is 4.90 Å². The molecule has 6 rings (SSSR count). The minimum absolute atomic E-state index is 1.06. The zero-order valence-corrected chi connectivity index (χ0v) is 22.7. The largest absolute Gasteiger partial charge is 0.309 e. The van der Waals surface area contributed by atoms with Crippen LogP contribution >= 0.6 is 0 Å². The van der Waals surface area contributed by atoms with Crippen molar-refractivity contribution >= 4 is 38.5 Å². The fraction of sp³-hybridized carbons (Fsp3) is 0.0256. The average Bonchev–Trinajstić information content (AvgIpc) is 3.03. The SMILES string of the molecule is C=C/C=C(\C(=C/C)c1ccccc1)N(c1ccccc1-c1ccccc1)c1cccc2ccc3ccccc3c12. The highest BCUT2D eigenvalue weighted by molar-refractivity contribution is 6.15. The minimum Gasteiger partial charge on any atom is -0.309 e. The zero-order valence-electron chi connectivity index (χ0n) is 22.7. The standard InChI is InChI=1S/C39H31N/c1-3-16-36(33(4-2)29-17-7-5-8-18-29)40(37-25-14-13-23-34(37)30-19-9-6-10-20-30)38-26-15-22-32-28-27-31-21-11-12-24-35(31)39(32)38/h3-28H,1H2,2H3/b33-4-,36-16+. The van der Waals surface area contributed by atoms with Crippen LogP contribution in [-0.4, -0.2) is 0 Å². The van der Waals surface area contributed by atoms with Crippen LogP contribution in [0.15, 0.2) is 170 Å². The molecule has 0 N–H and O–H groups in total. The van der Waals surface area contributed by atoms with E-state index < -0.39 is 0 Å². The van der Waals surface area contributed by atoms with Gasteiger partial charge in [0.15, 0.2) is 0 Å². The monoisotopic (exact) mass is 513 g/mol. The van der Waals surface area contributed by atoms with E-state index in [4.69, 9.17) is 0 Å². The smallest absolute Gasteiger partial charge is 0.0546 e. The van der Waals surface area contributed by atoms with Gasteiger partial charge in [-0.3, -0.25) is 0 Å². The van der Waals surface area contributed by atoms with E-state index in [1.165, 1.54) is 32.7 Å². The molecule has 1 heteroatoms. The lowest BCUT2D eigenvalue weighted by Crippen LogP contribution is -2.19. The Morgan fingerprint density at radius 3 is 2.00 bits per heavy atom. The molecule has 6 aromatic rings. The number of hydrogen-bond donors (Lipinski definition) is 0. The highest BCUT2D eigenvalue weighted by Gasteiger charge is 2.24. The molecule has 0 aromatic heterocycles. The average molecular weight is 514 g/mol. The molecule has 1 nitrogen and oxygen atoms in total. The number of rotatable bonds is 7. The van der Waals surface area contributed by atoms with Gasteiger partial charge in [-0.05, 0) is 52.4 Å². The fourth-order valence-electron chi connectivity index (χ4n) is 5.62. The number of hydrogen-bond acceptors (Lipinski definition) is 1. The molecule has 0 unspecified atom stereocenters. The summed E-state index contributed by atoms with van der Waals surface area (Å²) < 4.78 is 0. The van der Waals surface area contributed by atoms with E-state index in [1.54, 1.807) is 0 Å². The van der Waals surface area contributed by atoms with Gasteiger partial charge in [-0.15, -0.1) is 0 Å². The summed E-state index contributed by atoms with van der Waals surface area (Å²) in [6.07, 6.45) is 6.23. The fourth-order valence-corrected chi connectivity index (χ4v) is 5.62. The Hall–Kier alpha value is -5.14. The number of allylic oxidation sites excluding steroid dienone is 4. The second-order valence-corrected chi connectivity index (χ2v) is 9.74. The van der Waals surface area contributed by atoms with E-state index in [0.29, 0.717) is 0 Å². The van der Waals surface area contributed by atoms with Crippen molar-refractivity contribution in [2.45, 2.75) is 6.92 Å². The molecule has 0 aliphatic heterocycles. The number of anilines is 2. The Labute approximate surface area is 236 Å². The molecule has 0 aliphatic rings. The van der Waals surface area contributed by atoms with Crippen LogP contribution in [0.4, 0.5) is 11.4 Å². The maximum Gasteiger partial charge on any atom is 0.0546 e. The van der Waals surface area contributed by atoms with Gasteiger partial charge in [0.25, 0.3) is 0 Å². The Morgan fingerprint density at radius 1 is 0.600 bits per heavy atom. The zero-order chi connectivity index (χ0) is 27.3. The predicted octanol–water partition coefficient (Wildman–Crippen LogP) is 11.0. The highest BCUT2D eigenvalue weighted by Crippen LogP contribution is 2.45. The number of nitrogens with zero attached hydrogens (tertiary/aromatic N) is 1. The van der Waals surface area contributed by atoms with Crippen LogP contribution in [0.1, 0.15) is 12.5 Å². The van der Waals surface area contributed by atoms with Crippen molar-refractivity contribution in [2.75, 3.05) is 4.90 Å². The number of benzene rings is 6. The lowest BCUT2D eigenvalue weighted by molar-refractivity contribution is 1.22. The Balaban J connectivity index is 1.73. The molecule has 0 bridgehead atoms. The van der Waals surface area contributed by atoms with Gasteiger partial charge in [-0.25, -0.2) is 0 Å². The van der Waals surface area contributed by atoms with Crippen molar-refractivity contribution in [1.82, 2.24) is 0 Å². The van der Waals surface area contributed by atoms with Gasteiger partial charge in [-0.1, -0.05) is 146 Å². The number of para-hydroxylation sites is 1. The molecule has 192 valence electrons. The molecule has 0 radical (unpaired) electrons. The minimum atomic E-state index is 1.06. The molecule has 0 fully saturated rings. The third-order valence-corrected chi connectivity index (χ3v) is 7.38. The second kappa shape index (κ2) is 11.3. The molecule has 0 heterocycles. The summed E-state index contributed by atoms with van der Waals surface area (Å²) in [6, 6.07) is 49.6. The van der Waals surface area contributed by atoms with Gasteiger partial charge in [0, 0.05) is 16.5 Å². The summed E-state index contributed by atoms with van der Waals surface area (Å²) in [5.74, 6) is 0. The van der Waals surface area contributed by atoms with Crippen molar-refractivity contribution < 1.29 is 0 Å². The molecular weight excluding hydrogens is 482 g/mol. The lowest BCUT2D eigenvalue weighted by atomic mass is 9.95. The summed E-state index contributed by atoms with van der Waals surface area (Å²) in [5, 5.41) is 4.89. The van der Waals surface area contributed by atoms with Crippen molar-refractivity contribution in [3.63, 3.8) is 0 Å². The molecular formula is C39H31N. The lowest BCUT2D eigenvalue weighted by Gasteiger charge is -2.32. The van der Waals surface area contributed by atoms with E-state index in [1.807, 2.05) is 6.08 Å². The molecule has 0 saturated carbocycles. The maximum atomic E-state index is 4.14. The van der Waals surface area contributed by atoms with Gasteiger partial charge in [0.2, 0.25) is 0 Å². The van der Waals surface area contributed by atoms with Crippen LogP contribution < -0.4 is 4.90 Å². The van der Waals surface area contributed by atoms with Crippen molar-refractivity contribution in [3.8, 4) is 11.1 Å². The van der Waals surface area contributed by atoms with Gasteiger partial charge in [-0.2, -0.15) is 0 Å². The van der Waals surface area contributed by atoms with Gasteiger partial charge in [0.1, 0.15) is 0 Å². The number of fused-ring (bicyclic) bond motifs is 3. The summed E-state index contributed by atoms with van der Waals surface area (Å²) >= 11 is 0. The molecule has 0 amide bonds. The van der Waals surface area contributed by atoms with Crippen LogP contribution in [0.2, 0.25) is 0 Å². The topological polar surface area (TPSA) is 3.24 Å². The quantitative estimate of drug-likeness (QED) is 0.152. The van der Waals surface area contributed by atoms with Crippen molar-refractivity contribution in [1.29, 1.82) is 0 Å². The van der Waals surface area contributed by atoms with E-state index in [2.05, 4.69) is 170 Å². The summed E-state index contributed by atoms with van der Waals surface area (Å²) in [7, 11) is 0. The van der Waals surface area contributed by atoms with Crippen LogP contribution in [0.25, 0.3) is 38.2 Å². The van der Waals surface area contributed by atoms with E-state index in [-0.39, 0.29) is 0 Å². The van der Waals surface area contributed by atoms with Crippen molar-refractivity contribution in [3.05, 3.63) is 176 Å². The molecule has 0 atom stereocenters. The maximum absolute atomic E-state index is 4.14. The highest BCUT2D eigenvalue weighted by atomic mass is 15.2. The van der Waals surface area contributed by atoms with Crippen LogP contribution in [0.3, 0.4) is 0 Å². The predicted molar refractivity (Wildman–Crippen MR) is 174 cm³/mol.